The van der Waals surface area contributed by atoms with Gasteiger partial charge in [-0.05, 0) is 49.4 Å². The summed E-state index contributed by atoms with van der Waals surface area (Å²) in [5, 5.41) is 5.55. The maximum atomic E-state index is 13.8. The van der Waals surface area contributed by atoms with Crippen molar-refractivity contribution in [3.05, 3.63) is 71.5 Å². The Balaban J connectivity index is 1.50. The summed E-state index contributed by atoms with van der Waals surface area (Å²) in [5.41, 5.74) is 7.35. The first kappa shape index (κ1) is 27.3. The van der Waals surface area contributed by atoms with E-state index in [9.17, 15) is 23.6 Å². The Kier molecular flexibility index (Phi) is 8.73. The van der Waals surface area contributed by atoms with Crippen LogP contribution in [0.4, 0.5) is 4.39 Å². The number of hydrogen-bond donors (Lipinski definition) is 3. The molecule has 0 saturated carbocycles. The van der Waals surface area contributed by atoms with Crippen LogP contribution < -0.4 is 16.4 Å². The molecule has 0 bridgehead atoms. The fourth-order valence-electron chi connectivity index (χ4n) is 5.06. The van der Waals surface area contributed by atoms with Gasteiger partial charge in [0.05, 0.1) is 12.5 Å². The monoisotopic (exact) mass is 523 g/mol. The highest BCUT2D eigenvalue weighted by Gasteiger charge is 2.45. The van der Waals surface area contributed by atoms with E-state index in [1.165, 1.54) is 19.1 Å². The molecule has 2 aromatic carbocycles. The van der Waals surface area contributed by atoms with Gasteiger partial charge in [0.2, 0.25) is 23.6 Å². The number of amides is 4. The zero-order valence-electron chi connectivity index (χ0n) is 21.4. The van der Waals surface area contributed by atoms with Gasteiger partial charge in [0.15, 0.2) is 0 Å². The lowest BCUT2D eigenvalue weighted by molar-refractivity contribution is -0.147. The number of nitrogens with zero attached hydrogens (tertiary/aromatic N) is 2. The smallest absolute Gasteiger partial charge is 0.247 e. The van der Waals surface area contributed by atoms with Crippen LogP contribution in [0.3, 0.4) is 0 Å². The van der Waals surface area contributed by atoms with E-state index in [4.69, 9.17) is 5.73 Å². The first-order chi connectivity index (χ1) is 18.2. The minimum Gasteiger partial charge on any atom is -0.350 e. The van der Waals surface area contributed by atoms with Gasteiger partial charge in [0.1, 0.15) is 17.9 Å². The normalized spacial score (nSPS) is 22.2. The third kappa shape index (κ3) is 6.55. The molecule has 0 spiro atoms. The topological polar surface area (TPSA) is 125 Å². The molecule has 2 heterocycles. The predicted molar refractivity (Wildman–Crippen MR) is 139 cm³/mol. The molecule has 0 unspecified atom stereocenters. The minimum atomic E-state index is -1.03. The first-order valence-corrected chi connectivity index (χ1v) is 12.9. The SMILES string of the molecule is C[C@H](N)C(=O)N[C@H]1CN(C(=O)Cc2ccccc2)CC[C@H]2CC[C@@H](C(=O)NCc3ccc(F)cc3)N2C1=O. The Hall–Kier alpha value is -3.79. The number of halogens is 1. The van der Waals surface area contributed by atoms with Crippen molar-refractivity contribution in [2.45, 2.75) is 63.3 Å². The molecule has 4 atom stereocenters. The Labute approximate surface area is 221 Å². The molecule has 2 aliphatic rings. The lowest BCUT2D eigenvalue weighted by Crippen LogP contribution is -2.62. The first-order valence-electron chi connectivity index (χ1n) is 12.9. The van der Waals surface area contributed by atoms with Gasteiger partial charge in [-0.2, -0.15) is 0 Å². The van der Waals surface area contributed by atoms with Crippen LogP contribution in [0.5, 0.6) is 0 Å². The van der Waals surface area contributed by atoms with E-state index in [-0.39, 0.29) is 43.2 Å². The van der Waals surface area contributed by atoms with E-state index in [2.05, 4.69) is 10.6 Å². The summed E-state index contributed by atoms with van der Waals surface area (Å²) in [6.45, 7) is 2.12. The maximum absolute atomic E-state index is 13.8. The van der Waals surface area contributed by atoms with Crippen LogP contribution in [-0.4, -0.2) is 70.7 Å². The zero-order valence-corrected chi connectivity index (χ0v) is 21.4. The van der Waals surface area contributed by atoms with Gasteiger partial charge < -0.3 is 26.2 Å². The van der Waals surface area contributed by atoms with Gasteiger partial charge >= 0.3 is 0 Å². The Morgan fingerprint density at radius 2 is 1.74 bits per heavy atom. The summed E-state index contributed by atoms with van der Waals surface area (Å²) >= 11 is 0. The molecule has 9 nitrogen and oxygen atoms in total. The summed E-state index contributed by atoms with van der Waals surface area (Å²) < 4.78 is 13.2. The fraction of sp³-hybridized carbons (Fsp3) is 0.429. The van der Waals surface area contributed by atoms with Crippen LogP contribution in [0.15, 0.2) is 54.6 Å². The lowest BCUT2D eigenvalue weighted by Gasteiger charge is -2.39. The largest absolute Gasteiger partial charge is 0.350 e. The van der Waals surface area contributed by atoms with Crippen LogP contribution in [0, 0.1) is 5.82 Å². The van der Waals surface area contributed by atoms with Crippen LogP contribution >= 0.6 is 0 Å². The maximum Gasteiger partial charge on any atom is 0.247 e. The molecule has 2 aliphatic heterocycles. The van der Waals surface area contributed by atoms with Crippen molar-refractivity contribution < 1.29 is 23.6 Å². The van der Waals surface area contributed by atoms with Crippen LogP contribution in [0.25, 0.3) is 0 Å². The second kappa shape index (κ2) is 12.2. The zero-order chi connectivity index (χ0) is 27.2. The van der Waals surface area contributed by atoms with E-state index < -0.39 is 29.9 Å². The van der Waals surface area contributed by atoms with Crippen molar-refractivity contribution in [2.75, 3.05) is 13.1 Å². The summed E-state index contributed by atoms with van der Waals surface area (Å²) in [5.74, 6) is -1.71. The molecule has 4 amide bonds. The second-order valence-corrected chi connectivity index (χ2v) is 9.98. The Morgan fingerprint density at radius 1 is 1.03 bits per heavy atom. The molecule has 0 radical (unpaired) electrons. The quantitative estimate of drug-likeness (QED) is 0.502. The van der Waals surface area contributed by atoms with Crippen LogP contribution in [0.2, 0.25) is 0 Å². The number of rotatable bonds is 7. The Morgan fingerprint density at radius 3 is 2.42 bits per heavy atom. The van der Waals surface area contributed by atoms with E-state index in [1.54, 1.807) is 21.9 Å². The summed E-state index contributed by atoms with van der Waals surface area (Å²) in [7, 11) is 0. The number of carbonyl (C=O) groups is 4. The number of hydrogen-bond acceptors (Lipinski definition) is 5. The average molecular weight is 524 g/mol. The number of nitrogens with one attached hydrogen (secondary N) is 2. The average Bonchev–Trinajstić information content (AvgIpc) is 3.32. The van der Waals surface area contributed by atoms with Gasteiger partial charge in [-0.1, -0.05) is 42.5 Å². The number of benzene rings is 2. The molecular weight excluding hydrogens is 489 g/mol. The van der Waals surface area contributed by atoms with E-state index in [0.717, 1.165) is 11.1 Å². The highest BCUT2D eigenvalue weighted by atomic mass is 19.1. The van der Waals surface area contributed by atoms with Crippen molar-refractivity contribution >= 4 is 23.6 Å². The molecule has 0 aliphatic carbocycles. The summed E-state index contributed by atoms with van der Waals surface area (Å²) in [6, 6.07) is 12.4. The van der Waals surface area contributed by atoms with Gasteiger partial charge in [-0.15, -0.1) is 0 Å². The Bertz CT molecular complexity index is 1160. The molecule has 202 valence electrons. The van der Waals surface area contributed by atoms with Gasteiger partial charge in [-0.25, -0.2) is 4.39 Å². The highest BCUT2D eigenvalue weighted by Crippen LogP contribution is 2.29. The van der Waals surface area contributed by atoms with Crippen LogP contribution in [0.1, 0.15) is 37.3 Å². The summed E-state index contributed by atoms with van der Waals surface area (Å²) in [6.07, 6.45) is 1.79. The number of fused-ring (bicyclic) bond motifs is 1. The molecular formula is C28H34FN5O4. The molecule has 2 aromatic rings. The van der Waals surface area contributed by atoms with Crippen molar-refractivity contribution in [3.8, 4) is 0 Å². The highest BCUT2D eigenvalue weighted by molar-refractivity contribution is 5.94. The molecule has 38 heavy (non-hydrogen) atoms. The van der Waals surface area contributed by atoms with E-state index in [0.29, 0.717) is 25.8 Å². The third-order valence-electron chi connectivity index (χ3n) is 7.15. The lowest BCUT2D eigenvalue weighted by atomic mass is 10.0. The van der Waals surface area contributed by atoms with E-state index >= 15 is 0 Å². The number of carbonyl (C=O) groups excluding carboxylic acids is 4. The number of nitrogens with two attached hydrogens (primary N) is 1. The van der Waals surface area contributed by atoms with Gasteiger partial charge in [0.25, 0.3) is 0 Å². The van der Waals surface area contributed by atoms with Gasteiger partial charge in [-0.3, -0.25) is 19.2 Å². The predicted octanol–water partition coefficient (Wildman–Crippen LogP) is 1.11. The fourth-order valence-corrected chi connectivity index (χ4v) is 5.06. The van der Waals surface area contributed by atoms with Crippen molar-refractivity contribution in [2.24, 2.45) is 5.73 Å². The standard InChI is InChI=1S/C28H34FN5O4/c1-18(30)26(36)32-23-17-33(25(35)15-19-5-3-2-4-6-19)14-13-22-11-12-24(34(22)28(23)38)27(37)31-16-20-7-9-21(29)10-8-20/h2-10,18,22-24H,11-17,30H2,1H3,(H,31,37)(H,32,36)/t18-,22+,23-,24-/m0/s1. The molecule has 2 fully saturated rings. The van der Waals surface area contributed by atoms with Gasteiger partial charge in [0, 0.05) is 25.7 Å². The molecule has 10 heteroatoms. The molecule has 4 N–H and O–H groups in total. The van der Waals surface area contributed by atoms with E-state index in [1.807, 2.05) is 30.3 Å². The molecule has 4 rings (SSSR count). The van der Waals surface area contributed by atoms with Crippen molar-refractivity contribution in [1.82, 2.24) is 20.4 Å². The second-order valence-electron chi connectivity index (χ2n) is 9.98. The van der Waals surface area contributed by atoms with Crippen LogP contribution in [-0.2, 0) is 32.1 Å². The molecule has 2 saturated heterocycles. The van der Waals surface area contributed by atoms with Crippen molar-refractivity contribution in [1.29, 1.82) is 0 Å². The minimum absolute atomic E-state index is 0.00387. The van der Waals surface area contributed by atoms with Crippen molar-refractivity contribution in [3.63, 3.8) is 0 Å². The molecule has 0 aromatic heterocycles. The summed E-state index contributed by atoms with van der Waals surface area (Å²) in [4.78, 5) is 55.8. The third-order valence-corrected chi connectivity index (χ3v) is 7.15.